The summed E-state index contributed by atoms with van der Waals surface area (Å²) in [5, 5.41) is 6.10. The van der Waals surface area contributed by atoms with E-state index in [1.165, 1.54) is 5.01 Å². The second kappa shape index (κ2) is 4.93. The molecule has 0 bridgehead atoms. The Bertz CT molecular complexity index is 375. The van der Waals surface area contributed by atoms with Crippen molar-refractivity contribution in [1.29, 1.82) is 0 Å². The van der Waals surface area contributed by atoms with Crippen molar-refractivity contribution in [1.82, 2.24) is 15.2 Å². The van der Waals surface area contributed by atoms with Gasteiger partial charge in [0.1, 0.15) is 0 Å². The summed E-state index contributed by atoms with van der Waals surface area (Å²) in [5.74, 6) is 0.606. The number of rotatable bonds is 3. The van der Waals surface area contributed by atoms with Gasteiger partial charge < -0.3 is 5.32 Å². The van der Waals surface area contributed by atoms with E-state index in [9.17, 15) is 4.79 Å². The molecule has 1 aliphatic heterocycles. The Morgan fingerprint density at radius 3 is 3.06 bits per heavy atom. The topological polar surface area (TPSA) is 45.2 Å². The number of nitrogens with zero attached hydrogens (tertiary/aromatic N) is 2. The van der Waals surface area contributed by atoms with Crippen LogP contribution in [0.4, 0.5) is 0 Å². The van der Waals surface area contributed by atoms with Crippen LogP contribution in [0.5, 0.6) is 0 Å². The average Bonchev–Trinajstić information content (AvgIpc) is 2.66. The normalized spacial score (nSPS) is 17.8. The third kappa shape index (κ3) is 2.80. The standard InChI is InChI=1S/C11H17N3OS/c1-8(2)11-13-9(7-16-11)5-14-4-3-12-10(15)6-14/h7-8H,3-6H2,1-2H3,(H,12,15). The van der Waals surface area contributed by atoms with Crippen molar-refractivity contribution in [2.24, 2.45) is 0 Å². The van der Waals surface area contributed by atoms with Gasteiger partial charge in [0.05, 0.1) is 17.2 Å². The maximum atomic E-state index is 11.2. The van der Waals surface area contributed by atoms with Crippen LogP contribution in [0.15, 0.2) is 5.38 Å². The highest BCUT2D eigenvalue weighted by molar-refractivity contribution is 7.09. The van der Waals surface area contributed by atoms with Crippen LogP contribution in [-0.2, 0) is 11.3 Å². The van der Waals surface area contributed by atoms with E-state index in [0.717, 1.165) is 25.3 Å². The summed E-state index contributed by atoms with van der Waals surface area (Å²) >= 11 is 1.71. The number of thiazole rings is 1. The summed E-state index contributed by atoms with van der Waals surface area (Å²) in [5.41, 5.74) is 1.09. The second-order valence-corrected chi connectivity index (χ2v) is 5.28. The molecular formula is C11H17N3OS. The summed E-state index contributed by atoms with van der Waals surface area (Å²) in [6.07, 6.45) is 0. The SMILES string of the molecule is CC(C)c1nc(CN2CCNC(=O)C2)cs1. The zero-order chi connectivity index (χ0) is 11.5. The Morgan fingerprint density at radius 2 is 2.44 bits per heavy atom. The minimum Gasteiger partial charge on any atom is -0.354 e. The van der Waals surface area contributed by atoms with Crippen LogP contribution in [0.25, 0.3) is 0 Å². The number of piperazine rings is 1. The summed E-state index contributed by atoms with van der Waals surface area (Å²) < 4.78 is 0. The number of amides is 1. The number of nitrogens with one attached hydrogen (secondary N) is 1. The number of hydrogen-bond donors (Lipinski definition) is 1. The highest BCUT2D eigenvalue weighted by Crippen LogP contribution is 2.20. The molecule has 0 spiro atoms. The van der Waals surface area contributed by atoms with Crippen molar-refractivity contribution in [2.75, 3.05) is 19.6 Å². The van der Waals surface area contributed by atoms with E-state index in [-0.39, 0.29) is 5.91 Å². The predicted octanol–water partition coefficient (Wildman–Crippen LogP) is 1.20. The van der Waals surface area contributed by atoms with Gasteiger partial charge in [0, 0.05) is 30.9 Å². The van der Waals surface area contributed by atoms with Crippen LogP contribution in [0, 0.1) is 0 Å². The average molecular weight is 239 g/mol. The molecule has 0 atom stereocenters. The van der Waals surface area contributed by atoms with E-state index < -0.39 is 0 Å². The summed E-state index contributed by atoms with van der Waals surface area (Å²) in [6, 6.07) is 0. The van der Waals surface area contributed by atoms with Crippen LogP contribution in [0.3, 0.4) is 0 Å². The van der Waals surface area contributed by atoms with Gasteiger partial charge >= 0.3 is 0 Å². The van der Waals surface area contributed by atoms with Gasteiger partial charge in [0.15, 0.2) is 0 Å². The van der Waals surface area contributed by atoms with Crippen molar-refractivity contribution < 1.29 is 4.79 Å². The fourth-order valence-electron chi connectivity index (χ4n) is 1.72. The third-order valence-electron chi connectivity index (χ3n) is 2.57. The first-order valence-corrected chi connectivity index (χ1v) is 6.46. The maximum absolute atomic E-state index is 11.2. The molecule has 0 radical (unpaired) electrons. The molecule has 1 saturated heterocycles. The maximum Gasteiger partial charge on any atom is 0.234 e. The summed E-state index contributed by atoms with van der Waals surface area (Å²) in [7, 11) is 0. The summed E-state index contributed by atoms with van der Waals surface area (Å²) in [6.45, 7) is 7.25. The Morgan fingerprint density at radius 1 is 1.62 bits per heavy atom. The fraction of sp³-hybridized carbons (Fsp3) is 0.636. The van der Waals surface area contributed by atoms with Gasteiger partial charge in [-0.2, -0.15) is 0 Å². The first kappa shape index (κ1) is 11.5. The molecule has 1 fully saturated rings. The van der Waals surface area contributed by atoms with Crippen molar-refractivity contribution in [2.45, 2.75) is 26.3 Å². The van der Waals surface area contributed by atoms with Gasteiger partial charge in [-0.05, 0) is 0 Å². The lowest BCUT2D eigenvalue weighted by Crippen LogP contribution is -2.47. The molecule has 5 heteroatoms. The fourth-order valence-corrected chi connectivity index (χ4v) is 2.54. The first-order chi connectivity index (χ1) is 7.65. The molecule has 88 valence electrons. The van der Waals surface area contributed by atoms with Crippen LogP contribution < -0.4 is 5.32 Å². The largest absolute Gasteiger partial charge is 0.354 e. The van der Waals surface area contributed by atoms with E-state index >= 15 is 0 Å². The van der Waals surface area contributed by atoms with E-state index in [1.807, 2.05) is 0 Å². The molecule has 0 unspecified atom stereocenters. The molecule has 1 aromatic heterocycles. The minimum absolute atomic E-state index is 0.116. The van der Waals surface area contributed by atoms with Crippen LogP contribution in [0.1, 0.15) is 30.5 Å². The lowest BCUT2D eigenvalue weighted by molar-refractivity contribution is -0.124. The highest BCUT2D eigenvalue weighted by Gasteiger charge is 2.17. The molecule has 0 aromatic carbocycles. The molecular weight excluding hydrogens is 222 g/mol. The predicted molar refractivity (Wildman–Crippen MR) is 64.5 cm³/mol. The molecule has 16 heavy (non-hydrogen) atoms. The van der Waals surface area contributed by atoms with Crippen LogP contribution >= 0.6 is 11.3 Å². The Balaban J connectivity index is 1.95. The zero-order valence-corrected chi connectivity index (χ0v) is 10.5. The smallest absolute Gasteiger partial charge is 0.234 e. The highest BCUT2D eigenvalue weighted by atomic mass is 32.1. The quantitative estimate of drug-likeness (QED) is 0.862. The van der Waals surface area contributed by atoms with E-state index in [4.69, 9.17) is 0 Å². The molecule has 0 saturated carbocycles. The molecule has 1 N–H and O–H groups in total. The molecule has 0 aliphatic carbocycles. The number of hydrogen-bond acceptors (Lipinski definition) is 4. The lowest BCUT2D eigenvalue weighted by Gasteiger charge is -2.25. The second-order valence-electron chi connectivity index (χ2n) is 4.39. The molecule has 1 amide bonds. The van der Waals surface area contributed by atoms with E-state index in [1.54, 1.807) is 11.3 Å². The van der Waals surface area contributed by atoms with Gasteiger partial charge in [0.2, 0.25) is 5.91 Å². The number of carbonyl (C=O) groups is 1. The van der Waals surface area contributed by atoms with Gasteiger partial charge in [-0.25, -0.2) is 4.98 Å². The zero-order valence-electron chi connectivity index (χ0n) is 9.69. The third-order valence-corrected chi connectivity index (χ3v) is 3.76. The Kier molecular flexibility index (Phi) is 3.56. The minimum atomic E-state index is 0.116. The van der Waals surface area contributed by atoms with Crippen LogP contribution in [-0.4, -0.2) is 35.4 Å². The van der Waals surface area contributed by atoms with Gasteiger partial charge in [-0.15, -0.1) is 11.3 Å². The molecule has 4 nitrogen and oxygen atoms in total. The van der Waals surface area contributed by atoms with Crippen molar-refractivity contribution in [3.05, 3.63) is 16.1 Å². The number of aromatic nitrogens is 1. The van der Waals surface area contributed by atoms with E-state index in [0.29, 0.717) is 12.5 Å². The van der Waals surface area contributed by atoms with Gasteiger partial charge in [-0.1, -0.05) is 13.8 Å². The molecule has 1 aliphatic rings. The molecule has 2 rings (SSSR count). The monoisotopic (exact) mass is 239 g/mol. The lowest BCUT2D eigenvalue weighted by atomic mass is 10.2. The summed E-state index contributed by atoms with van der Waals surface area (Å²) in [4.78, 5) is 17.9. The van der Waals surface area contributed by atoms with Crippen molar-refractivity contribution in [3.63, 3.8) is 0 Å². The van der Waals surface area contributed by atoms with Crippen molar-refractivity contribution in [3.8, 4) is 0 Å². The molecule has 2 heterocycles. The van der Waals surface area contributed by atoms with Crippen LogP contribution in [0.2, 0.25) is 0 Å². The van der Waals surface area contributed by atoms with Crippen molar-refractivity contribution >= 4 is 17.2 Å². The Labute approximate surface area is 99.7 Å². The van der Waals surface area contributed by atoms with Gasteiger partial charge in [0.25, 0.3) is 0 Å². The Hall–Kier alpha value is -0.940. The van der Waals surface area contributed by atoms with Gasteiger partial charge in [-0.3, -0.25) is 9.69 Å². The molecule has 1 aromatic rings. The first-order valence-electron chi connectivity index (χ1n) is 5.58. The number of carbonyl (C=O) groups excluding carboxylic acids is 1. The van der Waals surface area contributed by atoms with E-state index in [2.05, 4.69) is 34.4 Å².